The topological polar surface area (TPSA) is 85.3 Å². The summed E-state index contributed by atoms with van der Waals surface area (Å²) in [6.07, 6.45) is 2.90. The highest BCUT2D eigenvalue weighted by Gasteiger charge is 2.23. The number of likely N-dealkylation sites (tertiary alicyclic amines) is 1. The van der Waals surface area contributed by atoms with E-state index in [1.807, 2.05) is 30.3 Å². The molecule has 4 rings (SSSR count). The van der Waals surface area contributed by atoms with Crippen molar-refractivity contribution in [1.29, 1.82) is 0 Å². The van der Waals surface area contributed by atoms with Gasteiger partial charge in [0.25, 0.3) is 5.56 Å². The van der Waals surface area contributed by atoms with E-state index in [4.69, 9.17) is 0 Å². The van der Waals surface area contributed by atoms with E-state index in [-0.39, 0.29) is 6.54 Å². The molecule has 8 nitrogen and oxygen atoms in total. The molecule has 0 bridgehead atoms. The van der Waals surface area contributed by atoms with Gasteiger partial charge in [-0.2, -0.15) is 0 Å². The summed E-state index contributed by atoms with van der Waals surface area (Å²) in [4.78, 5) is 32.2. The molecule has 0 aliphatic carbocycles. The summed E-state index contributed by atoms with van der Waals surface area (Å²) in [5.41, 5.74) is 0.695. The summed E-state index contributed by atoms with van der Waals surface area (Å²) in [6, 6.07) is 9.55. The zero-order valence-corrected chi connectivity index (χ0v) is 16.9. The number of β-amino-alcohol motifs (C(OH)–C–C–N with tert-alkyl or cyclic N) is 1. The number of hydrogen-bond donors (Lipinski definition) is 1. The van der Waals surface area contributed by atoms with Gasteiger partial charge in [0.05, 0.1) is 12.6 Å². The Bertz CT molecular complexity index is 1120. The Balaban J connectivity index is 1.81. The van der Waals surface area contributed by atoms with Crippen molar-refractivity contribution in [2.75, 3.05) is 19.6 Å². The second-order valence-corrected chi connectivity index (χ2v) is 7.81. The first-order chi connectivity index (χ1) is 14.0. The third kappa shape index (κ3) is 3.65. The normalized spacial score (nSPS) is 16.4. The Morgan fingerprint density at radius 3 is 2.38 bits per heavy atom. The minimum absolute atomic E-state index is 0.241. The molecule has 0 saturated carbocycles. The number of hydrogen-bond acceptors (Lipinski definition) is 5. The second-order valence-electron chi connectivity index (χ2n) is 7.81. The van der Waals surface area contributed by atoms with Crippen LogP contribution < -0.4 is 11.2 Å². The van der Waals surface area contributed by atoms with Crippen LogP contribution in [0.1, 0.15) is 19.3 Å². The lowest BCUT2D eigenvalue weighted by molar-refractivity contribution is 0.0894. The summed E-state index contributed by atoms with van der Waals surface area (Å²) in [6.45, 7) is 2.78. The molecule has 1 aliphatic heterocycles. The van der Waals surface area contributed by atoms with E-state index in [1.165, 1.54) is 18.0 Å². The van der Waals surface area contributed by atoms with Crippen molar-refractivity contribution in [3.05, 3.63) is 51.2 Å². The lowest BCUT2D eigenvalue weighted by Crippen LogP contribution is -2.39. The largest absolute Gasteiger partial charge is 0.390 e. The maximum atomic E-state index is 12.9. The van der Waals surface area contributed by atoms with Gasteiger partial charge in [-0.05, 0) is 25.9 Å². The van der Waals surface area contributed by atoms with Gasteiger partial charge in [0.2, 0.25) is 0 Å². The average molecular weight is 397 g/mol. The number of benzene rings is 1. The van der Waals surface area contributed by atoms with Gasteiger partial charge in [0, 0.05) is 26.2 Å². The quantitative estimate of drug-likeness (QED) is 0.693. The fourth-order valence-electron chi connectivity index (χ4n) is 4.14. The first kappa shape index (κ1) is 19.6. The molecule has 1 aliphatic rings. The molecule has 3 heterocycles. The first-order valence-corrected chi connectivity index (χ1v) is 10.1. The highest BCUT2D eigenvalue weighted by Crippen LogP contribution is 2.23. The highest BCUT2D eigenvalue weighted by atomic mass is 16.3. The van der Waals surface area contributed by atoms with Crippen LogP contribution in [0.25, 0.3) is 22.6 Å². The number of imidazole rings is 1. The molecule has 0 radical (unpaired) electrons. The Morgan fingerprint density at radius 1 is 1.00 bits per heavy atom. The number of aromatic nitrogens is 4. The fraction of sp³-hybridized carbons (Fsp3) is 0.476. The first-order valence-electron chi connectivity index (χ1n) is 10.1. The van der Waals surface area contributed by atoms with Gasteiger partial charge in [0.15, 0.2) is 11.2 Å². The van der Waals surface area contributed by atoms with Crippen LogP contribution in [0, 0.1) is 0 Å². The van der Waals surface area contributed by atoms with Crippen LogP contribution in [0.2, 0.25) is 0 Å². The molecule has 1 fully saturated rings. The number of aliphatic hydroxyl groups excluding tert-OH is 1. The molecular formula is C21H27N5O3. The van der Waals surface area contributed by atoms with Crippen LogP contribution in [0.4, 0.5) is 0 Å². The lowest BCUT2D eigenvalue weighted by Gasteiger charge is -2.28. The summed E-state index contributed by atoms with van der Waals surface area (Å²) in [5.74, 6) is 0.580. The molecule has 0 unspecified atom stereocenters. The molecule has 0 amide bonds. The molecule has 3 aromatic rings. The van der Waals surface area contributed by atoms with Crippen LogP contribution in [-0.2, 0) is 20.6 Å². The van der Waals surface area contributed by atoms with Crippen LogP contribution in [0.3, 0.4) is 0 Å². The van der Waals surface area contributed by atoms with Crippen LogP contribution in [-0.4, -0.2) is 54.4 Å². The predicted molar refractivity (Wildman–Crippen MR) is 112 cm³/mol. The minimum Gasteiger partial charge on any atom is -0.390 e. The Labute approximate surface area is 168 Å². The van der Waals surface area contributed by atoms with E-state index in [0.29, 0.717) is 23.5 Å². The maximum Gasteiger partial charge on any atom is 0.332 e. The van der Waals surface area contributed by atoms with Gasteiger partial charge in [-0.25, -0.2) is 9.78 Å². The smallest absolute Gasteiger partial charge is 0.332 e. The van der Waals surface area contributed by atoms with Crippen molar-refractivity contribution < 1.29 is 5.11 Å². The number of piperidine rings is 1. The predicted octanol–water partition coefficient (Wildman–Crippen LogP) is 0.948. The van der Waals surface area contributed by atoms with Crippen molar-refractivity contribution in [3.63, 3.8) is 0 Å². The van der Waals surface area contributed by atoms with E-state index in [9.17, 15) is 14.7 Å². The molecule has 8 heteroatoms. The molecule has 2 aromatic heterocycles. The van der Waals surface area contributed by atoms with Gasteiger partial charge in [0.1, 0.15) is 5.82 Å². The standard InChI is InChI=1S/C21H27N5O3/c1-23-19-17(20(28)24(2)21(23)29)26(18(22-19)15-9-5-3-6-10-15)14-16(27)13-25-11-7-4-8-12-25/h3,5-6,9-10,16,27H,4,7-8,11-14H2,1-2H3/t16-/m0/s1. The third-order valence-corrected chi connectivity index (χ3v) is 5.69. The molecule has 1 atom stereocenters. The molecule has 1 aromatic carbocycles. The fourth-order valence-corrected chi connectivity index (χ4v) is 4.14. The van der Waals surface area contributed by atoms with Crippen molar-refractivity contribution in [1.82, 2.24) is 23.6 Å². The lowest BCUT2D eigenvalue weighted by atomic mass is 10.1. The van der Waals surface area contributed by atoms with Crippen LogP contribution in [0.5, 0.6) is 0 Å². The van der Waals surface area contributed by atoms with E-state index in [1.54, 1.807) is 11.6 Å². The van der Waals surface area contributed by atoms with E-state index >= 15 is 0 Å². The van der Waals surface area contributed by atoms with Gasteiger partial charge < -0.3 is 14.6 Å². The zero-order chi connectivity index (χ0) is 20.5. The SMILES string of the molecule is Cn1c(=O)c2c(nc(-c3ccccc3)n2C[C@@H](O)CN2CCCCC2)n(C)c1=O. The monoisotopic (exact) mass is 397 g/mol. The van der Waals surface area contributed by atoms with Gasteiger partial charge in [-0.3, -0.25) is 13.9 Å². The summed E-state index contributed by atoms with van der Waals surface area (Å²) >= 11 is 0. The van der Waals surface area contributed by atoms with Gasteiger partial charge in [-0.15, -0.1) is 0 Å². The number of aryl methyl sites for hydroxylation is 1. The second kappa shape index (κ2) is 7.96. The number of nitrogens with zero attached hydrogens (tertiary/aromatic N) is 5. The molecule has 29 heavy (non-hydrogen) atoms. The van der Waals surface area contributed by atoms with Crippen molar-refractivity contribution >= 4 is 11.2 Å². The molecule has 1 saturated heterocycles. The molecule has 154 valence electrons. The van der Waals surface area contributed by atoms with E-state index in [0.717, 1.165) is 36.1 Å². The third-order valence-electron chi connectivity index (χ3n) is 5.69. The average Bonchev–Trinajstić information content (AvgIpc) is 3.11. The van der Waals surface area contributed by atoms with Gasteiger partial charge in [-0.1, -0.05) is 36.8 Å². The Hall–Kier alpha value is -2.71. The number of aliphatic hydroxyl groups is 1. The van der Waals surface area contributed by atoms with E-state index < -0.39 is 17.4 Å². The molecule has 1 N–H and O–H groups in total. The number of fused-ring (bicyclic) bond motifs is 1. The molecule has 0 spiro atoms. The van der Waals surface area contributed by atoms with Gasteiger partial charge >= 0.3 is 5.69 Å². The zero-order valence-electron chi connectivity index (χ0n) is 16.9. The van der Waals surface area contributed by atoms with Crippen LogP contribution >= 0.6 is 0 Å². The highest BCUT2D eigenvalue weighted by molar-refractivity contribution is 5.77. The van der Waals surface area contributed by atoms with Crippen molar-refractivity contribution in [3.8, 4) is 11.4 Å². The Morgan fingerprint density at radius 2 is 1.69 bits per heavy atom. The van der Waals surface area contributed by atoms with Crippen molar-refractivity contribution in [2.45, 2.75) is 31.9 Å². The summed E-state index contributed by atoms with van der Waals surface area (Å²) in [7, 11) is 3.08. The summed E-state index contributed by atoms with van der Waals surface area (Å²) in [5, 5.41) is 10.8. The van der Waals surface area contributed by atoms with E-state index in [2.05, 4.69) is 9.88 Å². The maximum absolute atomic E-state index is 12.9. The summed E-state index contributed by atoms with van der Waals surface area (Å²) < 4.78 is 4.24. The molecular weight excluding hydrogens is 370 g/mol. The number of rotatable bonds is 5. The van der Waals surface area contributed by atoms with Crippen molar-refractivity contribution in [2.24, 2.45) is 14.1 Å². The Kier molecular flexibility index (Phi) is 5.38. The van der Waals surface area contributed by atoms with Crippen LogP contribution in [0.15, 0.2) is 39.9 Å². The minimum atomic E-state index is -0.644.